The number of aromatic carboxylic acids is 1. The van der Waals surface area contributed by atoms with Gasteiger partial charge >= 0.3 is 5.97 Å². The van der Waals surface area contributed by atoms with Gasteiger partial charge in [0, 0.05) is 18.0 Å². The molecule has 27 heavy (non-hydrogen) atoms. The smallest absolute Gasteiger partial charge is 0.335 e. The molecule has 0 aliphatic carbocycles. The number of hydrogen-bond donors (Lipinski definition) is 1. The van der Waals surface area contributed by atoms with Crippen LogP contribution >= 0.6 is 11.6 Å². The predicted molar refractivity (Wildman–Crippen MR) is 106 cm³/mol. The summed E-state index contributed by atoms with van der Waals surface area (Å²) in [5.74, 6) is -0.0958. The molecule has 0 fully saturated rings. The molecule has 134 valence electrons. The van der Waals surface area contributed by atoms with Crippen molar-refractivity contribution in [1.82, 2.24) is 9.55 Å². The van der Waals surface area contributed by atoms with Gasteiger partial charge in [-0.15, -0.1) is 0 Å². The molecule has 4 aromatic rings. The highest BCUT2D eigenvalue weighted by atomic mass is 35.5. The first kappa shape index (κ1) is 17.3. The van der Waals surface area contributed by atoms with E-state index in [0.717, 1.165) is 28.0 Å². The van der Waals surface area contributed by atoms with E-state index in [0.29, 0.717) is 18.0 Å². The van der Waals surface area contributed by atoms with E-state index in [9.17, 15) is 9.90 Å². The van der Waals surface area contributed by atoms with E-state index >= 15 is 0 Å². The second-order valence-corrected chi connectivity index (χ2v) is 6.78. The van der Waals surface area contributed by atoms with E-state index < -0.39 is 5.97 Å². The zero-order chi connectivity index (χ0) is 18.8. The Labute approximate surface area is 161 Å². The zero-order valence-corrected chi connectivity index (χ0v) is 15.2. The summed E-state index contributed by atoms with van der Waals surface area (Å²) in [6.07, 6.45) is 0.573. The van der Waals surface area contributed by atoms with Gasteiger partial charge in [-0.2, -0.15) is 0 Å². The van der Waals surface area contributed by atoms with Crippen molar-refractivity contribution in [1.29, 1.82) is 0 Å². The molecule has 0 saturated heterocycles. The lowest BCUT2D eigenvalue weighted by molar-refractivity contribution is 0.0697. The lowest BCUT2D eigenvalue weighted by Crippen LogP contribution is -2.06. The number of halogens is 1. The highest BCUT2D eigenvalue weighted by Crippen LogP contribution is 2.24. The number of hydrogen-bond acceptors (Lipinski definition) is 2. The van der Waals surface area contributed by atoms with Gasteiger partial charge in [0.15, 0.2) is 0 Å². The summed E-state index contributed by atoms with van der Waals surface area (Å²) in [4.78, 5) is 16.2. The van der Waals surface area contributed by atoms with Crippen LogP contribution in [0.25, 0.3) is 11.0 Å². The Hall–Kier alpha value is -3.11. The first-order chi connectivity index (χ1) is 13.1. The highest BCUT2D eigenvalue weighted by Gasteiger charge is 2.15. The van der Waals surface area contributed by atoms with Crippen molar-refractivity contribution in [2.45, 2.75) is 13.0 Å². The van der Waals surface area contributed by atoms with Gasteiger partial charge in [-0.3, -0.25) is 0 Å². The van der Waals surface area contributed by atoms with E-state index in [1.165, 1.54) is 0 Å². The number of carboxylic acid groups (broad SMARTS) is 1. The molecule has 1 N–H and O–H groups in total. The van der Waals surface area contributed by atoms with Gasteiger partial charge < -0.3 is 9.67 Å². The number of imidazole rings is 1. The van der Waals surface area contributed by atoms with Gasteiger partial charge in [-0.25, -0.2) is 9.78 Å². The van der Waals surface area contributed by atoms with Crippen LogP contribution in [-0.4, -0.2) is 20.6 Å². The molecule has 0 unspecified atom stereocenters. The second kappa shape index (κ2) is 7.25. The molecule has 0 bridgehead atoms. The molecule has 0 aliphatic rings. The Morgan fingerprint density at radius 1 is 1.00 bits per heavy atom. The summed E-state index contributed by atoms with van der Waals surface area (Å²) < 4.78 is 2.07. The van der Waals surface area contributed by atoms with Crippen molar-refractivity contribution < 1.29 is 9.90 Å². The minimum atomic E-state index is -0.947. The van der Waals surface area contributed by atoms with Crippen LogP contribution in [0.3, 0.4) is 0 Å². The molecule has 3 aromatic carbocycles. The fourth-order valence-electron chi connectivity index (χ4n) is 3.20. The van der Waals surface area contributed by atoms with Gasteiger partial charge in [-0.1, -0.05) is 60.1 Å². The monoisotopic (exact) mass is 376 g/mol. The van der Waals surface area contributed by atoms with Crippen LogP contribution in [0.1, 0.15) is 27.3 Å². The average molecular weight is 377 g/mol. The number of nitrogens with zero attached hydrogens (tertiary/aromatic N) is 2. The maximum atomic E-state index is 11.4. The molecule has 0 aliphatic heterocycles. The maximum absolute atomic E-state index is 11.4. The first-order valence-electron chi connectivity index (χ1n) is 8.61. The molecule has 4 nitrogen and oxygen atoms in total. The Balaban J connectivity index is 1.85. The maximum Gasteiger partial charge on any atom is 0.335 e. The van der Waals surface area contributed by atoms with Crippen molar-refractivity contribution in [3.8, 4) is 0 Å². The SMILES string of the molecule is O=C(O)c1ccc2nc(Cc3ccccc3Cl)n(Cc3ccccc3)c2c1. The number of carbonyl (C=O) groups is 1. The molecule has 1 heterocycles. The minimum absolute atomic E-state index is 0.251. The van der Waals surface area contributed by atoms with Gasteiger partial charge in [-0.05, 0) is 35.4 Å². The topological polar surface area (TPSA) is 55.1 Å². The van der Waals surface area contributed by atoms with Crippen molar-refractivity contribution in [2.75, 3.05) is 0 Å². The quantitative estimate of drug-likeness (QED) is 0.531. The van der Waals surface area contributed by atoms with Crippen LogP contribution in [0.5, 0.6) is 0 Å². The van der Waals surface area contributed by atoms with E-state index in [4.69, 9.17) is 16.6 Å². The molecule has 0 spiro atoms. The molecule has 0 saturated carbocycles. The van der Waals surface area contributed by atoms with Gasteiger partial charge in [0.05, 0.1) is 16.6 Å². The normalized spacial score (nSPS) is 11.0. The van der Waals surface area contributed by atoms with Crippen LogP contribution < -0.4 is 0 Å². The van der Waals surface area contributed by atoms with Crippen LogP contribution in [0, 0.1) is 0 Å². The van der Waals surface area contributed by atoms with Crippen LogP contribution in [0.4, 0.5) is 0 Å². The van der Waals surface area contributed by atoms with E-state index in [2.05, 4.69) is 4.57 Å². The summed E-state index contributed by atoms with van der Waals surface area (Å²) >= 11 is 6.34. The molecular formula is C22H17ClN2O2. The summed E-state index contributed by atoms with van der Waals surface area (Å²) in [5.41, 5.74) is 3.94. The third-order valence-electron chi connectivity index (χ3n) is 4.56. The second-order valence-electron chi connectivity index (χ2n) is 6.38. The van der Waals surface area contributed by atoms with Crippen molar-refractivity contribution >= 4 is 28.6 Å². The van der Waals surface area contributed by atoms with Crippen molar-refractivity contribution in [3.63, 3.8) is 0 Å². The Kier molecular flexibility index (Phi) is 4.65. The van der Waals surface area contributed by atoms with Gasteiger partial charge in [0.25, 0.3) is 0 Å². The molecule has 5 heteroatoms. The van der Waals surface area contributed by atoms with E-state index in [1.54, 1.807) is 18.2 Å². The third-order valence-corrected chi connectivity index (χ3v) is 4.93. The molecule has 0 atom stereocenters. The Morgan fingerprint density at radius 3 is 2.48 bits per heavy atom. The molecule has 0 amide bonds. The minimum Gasteiger partial charge on any atom is -0.478 e. The standard InChI is InChI=1S/C22H17ClN2O2/c23-18-9-5-4-8-16(18)13-21-24-19-11-10-17(22(26)27)12-20(19)25(21)14-15-6-2-1-3-7-15/h1-12H,13-14H2,(H,26,27). The van der Waals surface area contributed by atoms with Gasteiger partial charge in [0.2, 0.25) is 0 Å². The Morgan fingerprint density at radius 2 is 1.74 bits per heavy atom. The summed E-state index contributed by atoms with van der Waals surface area (Å²) in [7, 11) is 0. The van der Waals surface area contributed by atoms with Crippen LogP contribution in [-0.2, 0) is 13.0 Å². The molecular weight excluding hydrogens is 360 g/mol. The lowest BCUT2D eigenvalue weighted by Gasteiger charge is -2.11. The number of benzene rings is 3. The fraction of sp³-hybridized carbons (Fsp3) is 0.0909. The van der Waals surface area contributed by atoms with Crippen molar-refractivity contribution in [3.05, 3.63) is 100 Å². The summed E-state index contributed by atoms with van der Waals surface area (Å²) in [5, 5.41) is 10.1. The predicted octanol–water partition coefficient (Wildman–Crippen LogP) is 5.03. The molecule has 0 radical (unpaired) electrons. The highest BCUT2D eigenvalue weighted by molar-refractivity contribution is 6.31. The third kappa shape index (κ3) is 3.57. The lowest BCUT2D eigenvalue weighted by atomic mass is 10.1. The van der Waals surface area contributed by atoms with E-state index in [1.807, 2.05) is 54.6 Å². The summed E-state index contributed by atoms with van der Waals surface area (Å²) in [6, 6.07) is 22.8. The number of carboxylic acids is 1. The van der Waals surface area contributed by atoms with Crippen LogP contribution in [0.15, 0.2) is 72.8 Å². The molecule has 1 aromatic heterocycles. The summed E-state index contributed by atoms with van der Waals surface area (Å²) in [6.45, 7) is 0.611. The number of aromatic nitrogens is 2. The number of rotatable bonds is 5. The van der Waals surface area contributed by atoms with Crippen molar-refractivity contribution in [2.24, 2.45) is 0 Å². The fourth-order valence-corrected chi connectivity index (χ4v) is 3.40. The first-order valence-corrected chi connectivity index (χ1v) is 8.99. The Bertz CT molecular complexity index is 1120. The largest absolute Gasteiger partial charge is 0.478 e. The molecule has 4 rings (SSSR count). The van der Waals surface area contributed by atoms with Crippen LogP contribution in [0.2, 0.25) is 5.02 Å². The average Bonchev–Trinajstić information content (AvgIpc) is 3.01. The van der Waals surface area contributed by atoms with Gasteiger partial charge in [0.1, 0.15) is 5.82 Å². The zero-order valence-electron chi connectivity index (χ0n) is 14.5. The number of fused-ring (bicyclic) bond motifs is 1. The van der Waals surface area contributed by atoms with E-state index in [-0.39, 0.29) is 5.56 Å².